The normalized spacial score (nSPS) is 12.1. The Bertz CT molecular complexity index is 5380. The molecule has 40 heteroatoms. The van der Waals surface area contributed by atoms with Crippen LogP contribution in [-0.4, -0.2) is 225 Å². The molecule has 3 aliphatic rings. The topological polar surface area (TPSA) is 490 Å². The van der Waals surface area contributed by atoms with E-state index in [1.807, 2.05) is 54.4 Å². The van der Waals surface area contributed by atoms with Gasteiger partial charge in [-0.1, -0.05) is 81.6 Å². The number of allylic oxidation sites excluding steroid dienone is 3. The fourth-order valence-electron chi connectivity index (χ4n) is 11.7. The Morgan fingerprint density at radius 3 is 1.48 bits per heavy atom. The minimum Gasteiger partial charge on any atom is -0.481 e. The second-order valence-corrected chi connectivity index (χ2v) is 30.0. The Morgan fingerprint density at radius 1 is 0.552 bits per heavy atom. The quantitative estimate of drug-likeness (QED) is 0.00555. The zero-order valence-electron chi connectivity index (χ0n) is 75.1. The average Bonchev–Trinajstić information content (AvgIpc) is 1.75. The van der Waals surface area contributed by atoms with Gasteiger partial charge in [-0.3, -0.25) is 54.1 Å². The number of carbonyl (C=O) groups excluding carboxylic acids is 6. The predicted molar refractivity (Wildman–Crippen MR) is 513 cm³/mol. The van der Waals surface area contributed by atoms with Crippen LogP contribution >= 0.6 is 23.1 Å². The van der Waals surface area contributed by atoms with Crippen molar-refractivity contribution < 1.29 is 99.8 Å². The molecule has 11 heterocycles. The molecule has 0 radical (unpaired) electrons. The molecule has 10 aromatic rings. The molecule has 720 valence electrons. The van der Waals surface area contributed by atoms with Crippen LogP contribution < -0.4 is 24.4 Å². The molecule has 0 fully saturated rings. The summed E-state index contributed by atoms with van der Waals surface area (Å²) in [7, 11) is 6.26. The highest BCUT2D eigenvalue weighted by Crippen LogP contribution is 2.32. The summed E-state index contributed by atoms with van der Waals surface area (Å²) in [5.74, 6) is -0.764. The van der Waals surface area contributed by atoms with E-state index in [2.05, 4.69) is 93.8 Å². The van der Waals surface area contributed by atoms with Crippen molar-refractivity contribution in [3.8, 4) is 23.5 Å². The summed E-state index contributed by atoms with van der Waals surface area (Å²) in [6.07, 6.45) is 42.6. The summed E-state index contributed by atoms with van der Waals surface area (Å²) < 4.78 is 67.2. The van der Waals surface area contributed by atoms with Crippen LogP contribution in [0.2, 0.25) is 0 Å². The summed E-state index contributed by atoms with van der Waals surface area (Å²) >= 11 is 0. The number of halogens is 2. The molecule has 0 amide bonds. The number of hydrogen-bond donors (Lipinski definition) is 6. The number of benzene rings is 1. The van der Waals surface area contributed by atoms with Gasteiger partial charge in [-0.15, -0.1) is 12.4 Å². The third-order valence-electron chi connectivity index (χ3n) is 18.2. The fourth-order valence-corrected chi connectivity index (χ4v) is 12.5. The number of nitrogens with zero attached hydrogens (tertiary/aromatic N) is 12. The molecule has 1 aliphatic carbocycles. The van der Waals surface area contributed by atoms with Crippen molar-refractivity contribution in [2.75, 3.05) is 74.6 Å². The third kappa shape index (κ3) is 45.3. The van der Waals surface area contributed by atoms with E-state index in [0.29, 0.717) is 87.1 Å². The molecule has 9 aromatic heterocycles. The first-order valence-electron chi connectivity index (χ1n) is 41.4. The molecule has 3 atom stereocenters. The van der Waals surface area contributed by atoms with Crippen molar-refractivity contribution in [2.24, 2.45) is 9.98 Å². The smallest absolute Gasteiger partial charge is 0.481 e. The number of nitrogens with one attached hydrogen (secondary N) is 3. The average molecular weight is 1910 g/mol. The number of carboxylic acids is 1. The van der Waals surface area contributed by atoms with Gasteiger partial charge in [-0.25, -0.2) is 42.7 Å². The molecule has 6 N–H and O–H groups in total. The molecule has 0 saturated carbocycles. The van der Waals surface area contributed by atoms with Gasteiger partial charge >= 0.3 is 42.9 Å². The molecule has 36 nitrogen and oxygen atoms in total. The Hall–Kier alpha value is -13.9. The zero-order valence-corrected chi connectivity index (χ0v) is 77.5. The molecule has 0 bridgehead atoms. The number of aromatic amines is 3. The largest absolute Gasteiger partial charge is 0.490 e. The van der Waals surface area contributed by atoms with Crippen LogP contribution in [0.1, 0.15) is 172 Å². The number of hydrogen-bond acceptors (Lipinski definition) is 31. The van der Waals surface area contributed by atoms with Crippen molar-refractivity contribution in [3.05, 3.63) is 275 Å². The molecule has 0 spiro atoms. The number of aliphatic carboxylic acids is 1. The number of aldehydes is 1. The second-order valence-electron chi connectivity index (χ2n) is 27.4. The molecule has 3 unspecified atom stereocenters. The maximum atomic E-state index is 11.8. The number of methoxy groups -OCH3 is 4. The summed E-state index contributed by atoms with van der Waals surface area (Å²) in [5, 5.41) is 50.3. The standard InChI is InChI=1S/C24H28N4O3.C15H18N2O3.C14H17N3O3.C9H11NO2.C8H10N2O2.C7H7ClO2S.C6H8BNO3.C5H8O2.C4H4N2O.2CH4.ClH/c1-31-23-11-9-18(14-25-23)21(13-24(29)30)19-15-26-28(16-19)12-4-6-20-10-8-17-5-2-3-7-22(17)27-20;1-3-20-15(18)8-13(12-6-7-16-9-12)11-4-5-14(19-2)17-10-11;1-3-20-14(18)6-12(11-8-16-17-9-11)10-4-5-13(19-2)15-7-10;1-2-12-9(11)4-3-8-5-6-10-7-8;1-2-12-8(11)4-3-7-5-9-10-6-7;1-6-2-4-7(5-3-6)11(8,9)10;1-11-6-3-2-5(4-8-6)7(9)10;1-3-5(6)7-4-2;7-3-4-1-5-6-2-4;;;/h8-11,14-16,21H,2-7,12-13H2,1H3,(H,29,30);4-6,9-10,13H,3,7-8H2,1-2H3;4-5,7-9,12H,3,6H2,1-2H3,(H,16,17);3-5,7H,2,6H2,1H3;3-6H,2H2,1H3,(H,9,10);2-5H,1H3;2-4,9-10H,1H3;3H,1,4H2,2H3;1-3H,(H,5,6);2*1H4;1H/b;;;2*4-3+;;;;;;;. The molecular formula is C94H120BCl2N15O21S. The van der Waals surface area contributed by atoms with Gasteiger partial charge in [-0.05, 0) is 161 Å². The van der Waals surface area contributed by atoms with Crippen molar-refractivity contribution >= 4 is 105 Å². The fraction of sp³-hybridized carbons (Fsp3) is 0.340. The monoisotopic (exact) mass is 1910 g/mol. The van der Waals surface area contributed by atoms with Crippen molar-refractivity contribution in [1.29, 1.82) is 0 Å². The summed E-state index contributed by atoms with van der Waals surface area (Å²) in [6.45, 7) is 18.1. The van der Waals surface area contributed by atoms with Crippen LogP contribution in [0.5, 0.6) is 23.5 Å². The van der Waals surface area contributed by atoms with Crippen LogP contribution in [0.15, 0.2) is 228 Å². The van der Waals surface area contributed by atoms with E-state index in [1.54, 1.807) is 160 Å². The Labute approximate surface area is 792 Å². The van der Waals surface area contributed by atoms with E-state index in [4.69, 9.17) is 58.9 Å². The minimum atomic E-state index is -3.55. The van der Waals surface area contributed by atoms with E-state index in [9.17, 15) is 47.1 Å². The summed E-state index contributed by atoms with van der Waals surface area (Å²) in [6, 6.07) is 24.9. The van der Waals surface area contributed by atoms with Crippen LogP contribution in [0, 0.1) is 6.92 Å². The maximum Gasteiger partial charge on any atom is 0.490 e. The molecule has 134 heavy (non-hydrogen) atoms. The van der Waals surface area contributed by atoms with Crippen LogP contribution in [0.4, 0.5) is 0 Å². The van der Waals surface area contributed by atoms with Gasteiger partial charge in [0.05, 0.1) is 129 Å². The molecular weight excluding hydrogens is 1790 g/mol. The lowest BCUT2D eigenvalue weighted by atomic mass is 9.82. The maximum absolute atomic E-state index is 11.8. The number of pyridine rings is 5. The number of carboxylic acid groups (broad SMARTS) is 1. The number of aliphatic imine (C=N–C) groups is 2. The Morgan fingerprint density at radius 2 is 1.04 bits per heavy atom. The van der Waals surface area contributed by atoms with Gasteiger partial charge in [0.15, 0.2) is 6.29 Å². The first kappa shape index (κ1) is 116. The van der Waals surface area contributed by atoms with Crippen molar-refractivity contribution in [3.63, 3.8) is 0 Å². The van der Waals surface area contributed by atoms with Gasteiger partial charge in [-0.2, -0.15) is 20.4 Å². The first-order valence-corrected chi connectivity index (χ1v) is 43.8. The van der Waals surface area contributed by atoms with E-state index in [1.165, 1.54) is 80.2 Å². The summed E-state index contributed by atoms with van der Waals surface area (Å²) in [4.78, 5) is 106. The van der Waals surface area contributed by atoms with Crippen LogP contribution in [-0.2, 0) is 87.3 Å². The van der Waals surface area contributed by atoms with Crippen LogP contribution in [0.25, 0.3) is 6.08 Å². The number of aryl methyl sites for hydroxylation is 5. The van der Waals surface area contributed by atoms with Gasteiger partial charge in [0.2, 0.25) is 23.5 Å². The number of carbonyl (C=O) groups is 7. The zero-order chi connectivity index (χ0) is 95.6. The number of ether oxygens (including phenoxy) is 9. The highest BCUT2D eigenvalue weighted by molar-refractivity contribution is 8.13. The number of rotatable bonds is 33. The Balaban J connectivity index is 0.000000529. The van der Waals surface area contributed by atoms with E-state index >= 15 is 0 Å². The lowest BCUT2D eigenvalue weighted by Crippen LogP contribution is -2.29. The van der Waals surface area contributed by atoms with E-state index in [-0.39, 0.29) is 92.6 Å². The van der Waals surface area contributed by atoms with Gasteiger partial charge < -0.3 is 57.8 Å². The number of fused-ring (bicyclic) bond motifs is 1. The summed E-state index contributed by atoms with van der Waals surface area (Å²) in [5.41, 5.74) is 13.1. The predicted octanol–water partition coefficient (Wildman–Crippen LogP) is 13.3. The Kier molecular flexibility index (Phi) is 57.6. The van der Waals surface area contributed by atoms with Gasteiger partial charge in [0.1, 0.15) is 0 Å². The lowest BCUT2D eigenvalue weighted by molar-refractivity contribution is -0.144. The van der Waals surface area contributed by atoms with Crippen LogP contribution in [0.3, 0.4) is 0 Å². The van der Waals surface area contributed by atoms with E-state index in [0.717, 1.165) is 100 Å². The molecule has 13 rings (SSSR count). The van der Waals surface area contributed by atoms with Crippen molar-refractivity contribution in [2.45, 2.75) is 143 Å². The second kappa shape index (κ2) is 66.4. The SMILES string of the molecule is C.C.C=CC(=O)OCC.CCOC(=O)/C=C/C1=CCN=C1.CCOC(=O)/C=C/c1cn[nH]c1.CCOC(=O)CC(C1=CCN=C1)c1ccc(OC)nc1.CCOC(=O)CC(c1ccc(OC)nc1)c1cn[nH]c1.COc1ccc(B(O)O)cn1.COc1ccc(C(CC(=O)O)c2cnn(CCCc3ccc4c(n3)CCCC4)c2)cn1.Cc1ccc(S(=O)(=O)Cl)cc1.Cl.O=Cc1cn[nH]c1. The number of esters is 5. The van der Waals surface area contributed by atoms with Crippen molar-refractivity contribution in [1.82, 2.24) is 65.3 Å². The highest BCUT2D eigenvalue weighted by atomic mass is 35.7. The van der Waals surface area contributed by atoms with E-state index < -0.39 is 22.1 Å². The number of H-pyrrole nitrogens is 3. The first-order chi connectivity index (χ1) is 63.2. The lowest BCUT2D eigenvalue weighted by Gasteiger charge is -2.16. The van der Waals surface area contributed by atoms with Gasteiger partial charge in [0, 0.05) is 156 Å². The number of aromatic nitrogens is 13. The molecule has 1 aromatic carbocycles. The molecule has 2 aliphatic heterocycles. The van der Waals surface area contributed by atoms with Gasteiger partial charge in [0.25, 0.3) is 9.05 Å². The minimum absolute atomic E-state index is 0. The highest BCUT2D eigenvalue weighted by Gasteiger charge is 2.25. The third-order valence-corrected chi connectivity index (χ3v) is 19.6. The molecule has 0 saturated heterocycles.